The largest absolute Gasteiger partial charge is 0.351 e. The van der Waals surface area contributed by atoms with Gasteiger partial charge in [0.15, 0.2) is 0 Å². The molecular formula is C14H14N4O. The van der Waals surface area contributed by atoms with Crippen molar-refractivity contribution in [2.75, 3.05) is 4.90 Å². The van der Waals surface area contributed by atoms with Crippen molar-refractivity contribution in [1.82, 2.24) is 5.32 Å². The van der Waals surface area contributed by atoms with Gasteiger partial charge in [-0.2, -0.15) is 0 Å². The lowest BCUT2D eigenvalue weighted by atomic mass is 10.2. The maximum absolute atomic E-state index is 10.9. The maximum atomic E-state index is 10.9. The molecule has 2 aromatic rings. The zero-order valence-corrected chi connectivity index (χ0v) is 10.2. The number of hydrogen-bond donors (Lipinski definition) is 3. The third kappa shape index (κ3) is 3.10. The Balaban J connectivity index is 2.40. The zero-order valence-electron chi connectivity index (χ0n) is 10.2. The Labute approximate surface area is 111 Å². The molecule has 5 nitrogen and oxygen atoms in total. The molecule has 4 N–H and O–H groups in total. The van der Waals surface area contributed by atoms with Gasteiger partial charge in [-0.3, -0.25) is 15.6 Å². The summed E-state index contributed by atoms with van der Waals surface area (Å²) in [6.45, 7) is 0. The molecule has 0 aromatic heterocycles. The van der Waals surface area contributed by atoms with Crippen LogP contribution in [-0.2, 0) is 0 Å². The summed E-state index contributed by atoms with van der Waals surface area (Å²) in [7, 11) is 0. The van der Waals surface area contributed by atoms with Crippen LogP contribution < -0.4 is 16.0 Å². The molecule has 0 aliphatic rings. The van der Waals surface area contributed by atoms with Crippen LogP contribution in [0.4, 0.5) is 16.2 Å². The normalized spacial score (nSPS) is 9.68. The number of carbonyl (C=O) groups excluding carboxylic acids is 1. The van der Waals surface area contributed by atoms with Crippen molar-refractivity contribution in [1.29, 1.82) is 5.41 Å². The monoisotopic (exact) mass is 254 g/mol. The van der Waals surface area contributed by atoms with Gasteiger partial charge < -0.3 is 5.73 Å². The maximum Gasteiger partial charge on any atom is 0.318 e. The molecule has 2 rings (SSSR count). The van der Waals surface area contributed by atoms with Crippen molar-refractivity contribution in [3.05, 3.63) is 60.7 Å². The highest BCUT2D eigenvalue weighted by Gasteiger charge is 2.15. The van der Waals surface area contributed by atoms with Gasteiger partial charge in [-0.15, -0.1) is 0 Å². The molecule has 2 aromatic carbocycles. The number of primary amides is 1. The molecule has 96 valence electrons. The molecule has 0 fully saturated rings. The Kier molecular flexibility index (Phi) is 3.78. The summed E-state index contributed by atoms with van der Waals surface area (Å²) in [6.07, 6.45) is 0. The summed E-state index contributed by atoms with van der Waals surface area (Å²) >= 11 is 0. The number of benzene rings is 2. The van der Waals surface area contributed by atoms with E-state index in [2.05, 4.69) is 5.32 Å². The average molecular weight is 254 g/mol. The number of para-hydroxylation sites is 2. The number of rotatable bonds is 2. The quantitative estimate of drug-likeness (QED) is 0.568. The first kappa shape index (κ1) is 12.6. The lowest BCUT2D eigenvalue weighted by Gasteiger charge is -2.24. The van der Waals surface area contributed by atoms with E-state index in [4.69, 9.17) is 11.1 Å². The van der Waals surface area contributed by atoms with Crippen molar-refractivity contribution in [2.45, 2.75) is 0 Å². The molecule has 0 unspecified atom stereocenters. The molecule has 0 saturated carbocycles. The van der Waals surface area contributed by atoms with Crippen molar-refractivity contribution in [3.63, 3.8) is 0 Å². The van der Waals surface area contributed by atoms with Crippen molar-refractivity contribution in [2.24, 2.45) is 5.73 Å². The SMILES string of the molecule is N=C(NC(N)=O)N(c1ccccc1)c1ccccc1. The van der Waals surface area contributed by atoms with Crippen LogP contribution in [-0.4, -0.2) is 12.0 Å². The van der Waals surface area contributed by atoms with Crippen molar-refractivity contribution in [3.8, 4) is 0 Å². The molecule has 0 aliphatic carbocycles. The number of amides is 2. The smallest absolute Gasteiger partial charge is 0.318 e. The minimum absolute atomic E-state index is 0.0927. The molecule has 0 spiro atoms. The van der Waals surface area contributed by atoms with Gasteiger partial charge in [0.2, 0.25) is 5.96 Å². The molecule has 5 heteroatoms. The van der Waals surface area contributed by atoms with Crippen LogP contribution in [0.5, 0.6) is 0 Å². The van der Waals surface area contributed by atoms with Crippen LogP contribution in [0.3, 0.4) is 0 Å². The van der Waals surface area contributed by atoms with E-state index in [-0.39, 0.29) is 5.96 Å². The van der Waals surface area contributed by atoms with Gasteiger partial charge in [0, 0.05) is 11.4 Å². The fraction of sp³-hybridized carbons (Fsp3) is 0. The Morgan fingerprint density at radius 2 is 1.37 bits per heavy atom. The van der Waals surface area contributed by atoms with E-state index in [1.165, 1.54) is 0 Å². The Morgan fingerprint density at radius 1 is 0.947 bits per heavy atom. The number of anilines is 2. The molecule has 2 amide bonds. The number of urea groups is 1. The summed E-state index contributed by atoms with van der Waals surface area (Å²) in [5, 5.41) is 10.3. The van der Waals surface area contributed by atoms with Gasteiger partial charge in [0.1, 0.15) is 0 Å². The minimum Gasteiger partial charge on any atom is -0.351 e. The first-order valence-electron chi connectivity index (χ1n) is 5.73. The van der Waals surface area contributed by atoms with Crippen LogP contribution in [0.1, 0.15) is 0 Å². The highest BCUT2D eigenvalue weighted by molar-refractivity contribution is 6.07. The highest BCUT2D eigenvalue weighted by Crippen LogP contribution is 2.24. The Hall–Kier alpha value is -2.82. The third-order valence-electron chi connectivity index (χ3n) is 2.49. The molecule has 0 aliphatic heterocycles. The fourth-order valence-electron chi connectivity index (χ4n) is 1.73. The number of nitrogens with one attached hydrogen (secondary N) is 2. The van der Waals surface area contributed by atoms with Gasteiger partial charge in [0.05, 0.1) is 0 Å². The second kappa shape index (κ2) is 5.68. The lowest BCUT2D eigenvalue weighted by molar-refractivity contribution is 0.253. The highest BCUT2D eigenvalue weighted by atomic mass is 16.2. The lowest BCUT2D eigenvalue weighted by Crippen LogP contribution is -2.43. The third-order valence-corrected chi connectivity index (χ3v) is 2.49. The van der Waals surface area contributed by atoms with Crippen molar-refractivity contribution < 1.29 is 4.79 Å². The molecule has 0 bridgehead atoms. The topological polar surface area (TPSA) is 82.2 Å². The first-order valence-corrected chi connectivity index (χ1v) is 5.73. The minimum atomic E-state index is -0.762. The van der Waals surface area contributed by atoms with Gasteiger partial charge in [-0.25, -0.2) is 4.79 Å². The van der Waals surface area contributed by atoms with E-state index in [9.17, 15) is 4.79 Å². The fourth-order valence-corrected chi connectivity index (χ4v) is 1.73. The van der Waals surface area contributed by atoms with Gasteiger partial charge in [-0.05, 0) is 24.3 Å². The van der Waals surface area contributed by atoms with E-state index < -0.39 is 6.03 Å². The van der Waals surface area contributed by atoms with Gasteiger partial charge >= 0.3 is 6.03 Å². The average Bonchev–Trinajstić information content (AvgIpc) is 2.40. The van der Waals surface area contributed by atoms with Crippen LogP contribution in [0.15, 0.2) is 60.7 Å². The Morgan fingerprint density at radius 3 is 1.74 bits per heavy atom. The van der Waals surface area contributed by atoms with E-state index in [0.29, 0.717) is 0 Å². The summed E-state index contributed by atoms with van der Waals surface area (Å²) in [4.78, 5) is 12.5. The Bertz CT molecular complexity index is 529. The molecule has 0 saturated heterocycles. The first-order chi connectivity index (χ1) is 9.18. The van der Waals surface area contributed by atoms with E-state index in [0.717, 1.165) is 11.4 Å². The van der Waals surface area contributed by atoms with Gasteiger partial charge in [0.25, 0.3) is 0 Å². The predicted molar refractivity (Wildman–Crippen MR) is 75.5 cm³/mol. The van der Waals surface area contributed by atoms with Crippen LogP contribution in [0.25, 0.3) is 0 Å². The standard InChI is InChI=1S/C14H14N4O/c15-13(17-14(16)19)18(11-7-3-1-4-8-11)12-9-5-2-6-10-12/h1-10H,(H4,15,16,17,19). The molecule has 0 radical (unpaired) electrons. The summed E-state index contributed by atoms with van der Waals surface area (Å²) < 4.78 is 0. The van der Waals surface area contributed by atoms with Gasteiger partial charge in [-0.1, -0.05) is 36.4 Å². The molecule has 0 heterocycles. The number of carbonyl (C=O) groups is 1. The number of hydrogen-bond acceptors (Lipinski definition) is 2. The zero-order chi connectivity index (χ0) is 13.7. The second-order valence-electron chi connectivity index (χ2n) is 3.84. The summed E-state index contributed by atoms with van der Waals surface area (Å²) in [5.74, 6) is -0.0927. The van der Waals surface area contributed by atoms with Crippen LogP contribution in [0.2, 0.25) is 0 Å². The predicted octanol–water partition coefficient (Wildman–Crippen LogP) is 2.43. The number of nitrogens with zero attached hydrogens (tertiary/aromatic N) is 1. The summed E-state index contributed by atoms with van der Waals surface area (Å²) in [5.41, 5.74) is 6.61. The molecule has 0 atom stereocenters. The summed E-state index contributed by atoms with van der Waals surface area (Å²) in [6, 6.07) is 17.9. The van der Waals surface area contributed by atoms with Crippen LogP contribution in [0, 0.1) is 5.41 Å². The molecule has 19 heavy (non-hydrogen) atoms. The van der Waals surface area contributed by atoms with E-state index in [1.54, 1.807) is 4.90 Å². The van der Waals surface area contributed by atoms with E-state index >= 15 is 0 Å². The number of nitrogens with two attached hydrogens (primary N) is 1. The number of guanidine groups is 1. The van der Waals surface area contributed by atoms with Crippen LogP contribution >= 0.6 is 0 Å². The second-order valence-corrected chi connectivity index (χ2v) is 3.84. The van der Waals surface area contributed by atoms with E-state index in [1.807, 2.05) is 60.7 Å². The van der Waals surface area contributed by atoms with Crippen molar-refractivity contribution >= 4 is 23.4 Å². The molecular weight excluding hydrogens is 240 g/mol.